The largest absolute Gasteiger partial charge is 0.506 e. The van der Waals surface area contributed by atoms with Crippen molar-refractivity contribution in [2.45, 2.75) is 13.3 Å². The van der Waals surface area contributed by atoms with Gasteiger partial charge < -0.3 is 5.11 Å². The summed E-state index contributed by atoms with van der Waals surface area (Å²) in [5.41, 5.74) is 0.390. The number of aliphatic hydroxyl groups excluding tert-OH is 1. The smallest absolute Gasteiger partial charge is 0.159 e. The predicted octanol–water partition coefficient (Wildman–Crippen LogP) is 2.72. The third-order valence-corrected chi connectivity index (χ3v) is 2.07. The number of carbonyl (C=O) groups is 1. The summed E-state index contributed by atoms with van der Waals surface area (Å²) in [5, 5.41) is 9.50. The minimum atomic E-state index is -0.121. The molecule has 0 atom stereocenters. The fraction of sp³-hybridized carbons (Fsp3) is 0.200. The number of hydrogen-bond donors (Lipinski definition) is 1. The molecule has 14 heavy (non-hydrogen) atoms. The number of hydrogen-bond acceptors (Lipinski definition) is 3. The summed E-state index contributed by atoms with van der Waals surface area (Å²) in [5.74, 6) is -0.220. The SMILES string of the molecule is CCC(=O)C=C(O)c1cccc(Br)n1. The Hall–Kier alpha value is -1.16. The van der Waals surface area contributed by atoms with E-state index in [1.54, 1.807) is 25.1 Å². The van der Waals surface area contributed by atoms with Crippen molar-refractivity contribution >= 4 is 27.5 Å². The zero-order valence-electron chi connectivity index (χ0n) is 7.70. The lowest BCUT2D eigenvalue weighted by molar-refractivity contribution is -0.114. The molecule has 0 radical (unpaired) electrons. The quantitative estimate of drug-likeness (QED) is 0.514. The molecule has 4 heteroatoms. The maximum Gasteiger partial charge on any atom is 0.159 e. The van der Waals surface area contributed by atoms with Crippen molar-refractivity contribution in [2.24, 2.45) is 0 Å². The maximum atomic E-state index is 11.0. The van der Waals surface area contributed by atoms with Crippen LogP contribution in [0.15, 0.2) is 28.9 Å². The van der Waals surface area contributed by atoms with Crippen molar-refractivity contribution in [1.29, 1.82) is 0 Å². The molecular weight excluding hydrogens is 246 g/mol. The van der Waals surface area contributed by atoms with Gasteiger partial charge in [-0.3, -0.25) is 4.79 Å². The summed E-state index contributed by atoms with van der Waals surface area (Å²) in [4.78, 5) is 15.0. The molecule has 0 aliphatic carbocycles. The van der Waals surface area contributed by atoms with E-state index in [4.69, 9.17) is 0 Å². The predicted molar refractivity (Wildman–Crippen MR) is 57.8 cm³/mol. The average molecular weight is 256 g/mol. The maximum absolute atomic E-state index is 11.0. The van der Waals surface area contributed by atoms with Gasteiger partial charge in [0.15, 0.2) is 5.78 Å². The van der Waals surface area contributed by atoms with Crippen molar-refractivity contribution in [3.8, 4) is 0 Å². The zero-order chi connectivity index (χ0) is 10.6. The first-order valence-electron chi connectivity index (χ1n) is 4.20. The Balaban J connectivity index is 2.94. The van der Waals surface area contributed by atoms with E-state index < -0.39 is 0 Å². The van der Waals surface area contributed by atoms with E-state index in [0.29, 0.717) is 16.7 Å². The molecule has 1 heterocycles. The Labute approximate surface area is 90.6 Å². The number of rotatable bonds is 3. The summed E-state index contributed by atoms with van der Waals surface area (Å²) in [6, 6.07) is 5.13. The van der Waals surface area contributed by atoms with Crippen LogP contribution in [0, 0.1) is 0 Å². The first kappa shape index (κ1) is 10.9. The highest BCUT2D eigenvalue weighted by Gasteiger charge is 2.03. The second kappa shape index (κ2) is 4.91. The number of allylic oxidation sites excluding steroid dienone is 1. The van der Waals surface area contributed by atoms with Crippen molar-refractivity contribution in [1.82, 2.24) is 4.98 Å². The van der Waals surface area contributed by atoms with Gasteiger partial charge in [-0.05, 0) is 28.1 Å². The highest BCUT2D eigenvalue weighted by atomic mass is 79.9. The van der Waals surface area contributed by atoms with Crippen LogP contribution in [0.4, 0.5) is 0 Å². The topological polar surface area (TPSA) is 50.2 Å². The number of halogens is 1. The molecule has 0 fully saturated rings. The minimum Gasteiger partial charge on any atom is -0.506 e. The number of aromatic nitrogens is 1. The second-order valence-corrected chi connectivity index (χ2v) is 3.51. The molecule has 0 unspecified atom stereocenters. The van der Waals surface area contributed by atoms with E-state index in [1.165, 1.54) is 6.08 Å². The summed E-state index contributed by atoms with van der Waals surface area (Å²) >= 11 is 3.18. The molecule has 74 valence electrons. The summed E-state index contributed by atoms with van der Waals surface area (Å²) in [6.07, 6.45) is 1.56. The van der Waals surface area contributed by atoms with Gasteiger partial charge in [0.2, 0.25) is 0 Å². The Bertz CT molecular complexity index is 374. The van der Waals surface area contributed by atoms with Crippen LogP contribution in [0.2, 0.25) is 0 Å². The normalized spacial score (nSPS) is 11.4. The average Bonchev–Trinajstić information content (AvgIpc) is 2.17. The molecule has 0 saturated carbocycles. The van der Waals surface area contributed by atoms with Crippen LogP contribution < -0.4 is 0 Å². The van der Waals surface area contributed by atoms with E-state index in [9.17, 15) is 9.90 Å². The standard InChI is InChI=1S/C10H10BrNO2/c1-2-7(13)6-9(14)8-4-3-5-10(11)12-8/h3-6,14H,2H2,1H3. The van der Waals surface area contributed by atoms with Gasteiger partial charge in [-0.2, -0.15) is 0 Å². The van der Waals surface area contributed by atoms with Crippen LogP contribution in [-0.2, 0) is 4.79 Å². The van der Waals surface area contributed by atoms with Gasteiger partial charge in [0.25, 0.3) is 0 Å². The zero-order valence-corrected chi connectivity index (χ0v) is 9.28. The Morgan fingerprint density at radius 1 is 1.64 bits per heavy atom. The molecule has 0 spiro atoms. The lowest BCUT2D eigenvalue weighted by atomic mass is 10.2. The third-order valence-electron chi connectivity index (χ3n) is 1.62. The molecule has 1 aromatic heterocycles. The van der Waals surface area contributed by atoms with Gasteiger partial charge in [-0.25, -0.2) is 4.98 Å². The van der Waals surface area contributed by atoms with Crippen LogP contribution in [0.25, 0.3) is 5.76 Å². The Morgan fingerprint density at radius 2 is 2.36 bits per heavy atom. The van der Waals surface area contributed by atoms with Crippen molar-refractivity contribution in [3.63, 3.8) is 0 Å². The van der Waals surface area contributed by atoms with Crippen LogP contribution in [0.3, 0.4) is 0 Å². The number of pyridine rings is 1. The van der Waals surface area contributed by atoms with Crippen molar-refractivity contribution in [3.05, 3.63) is 34.6 Å². The van der Waals surface area contributed by atoms with Crippen LogP contribution >= 0.6 is 15.9 Å². The molecule has 0 amide bonds. The highest BCUT2D eigenvalue weighted by molar-refractivity contribution is 9.10. The molecule has 0 aliphatic rings. The van der Waals surface area contributed by atoms with Gasteiger partial charge in [-0.15, -0.1) is 0 Å². The molecule has 1 aromatic rings. The number of carbonyl (C=O) groups excluding carboxylic acids is 1. The van der Waals surface area contributed by atoms with Crippen molar-refractivity contribution in [2.75, 3.05) is 0 Å². The van der Waals surface area contributed by atoms with Gasteiger partial charge >= 0.3 is 0 Å². The number of nitrogens with zero attached hydrogens (tertiary/aromatic N) is 1. The monoisotopic (exact) mass is 255 g/mol. The summed E-state index contributed by atoms with van der Waals surface area (Å²) < 4.78 is 0.624. The molecular formula is C10H10BrNO2. The number of ketones is 1. The summed E-state index contributed by atoms with van der Waals surface area (Å²) in [6.45, 7) is 1.74. The van der Waals surface area contributed by atoms with Gasteiger partial charge in [0, 0.05) is 12.5 Å². The Kier molecular flexibility index (Phi) is 3.83. The summed E-state index contributed by atoms with van der Waals surface area (Å²) in [7, 11) is 0. The van der Waals surface area contributed by atoms with E-state index in [1.807, 2.05) is 0 Å². The molecule has 0 saturated heterocycles. The van der Waals surface area contributed by atoms with E-state index >= 15 is 0 Å². The highest BCUT2D eigenvalue weighted by Crippen LogP contribution is 2.12. The molecule has 1 rings (SSSR count). The molecule has 0 bridgehead atoms. The lowest BCUT2D eigenvalue weighted by Crippen LogP contribution is -1.94. The van der Waals surface area contributed by atoms with Gasteiger partial charge in [0.1, 0.15) is 16.1 Å². The van der Waals surface area contributed by atoms with Crippen LogP contribution in [-0.4, -0.2) is 15.9 Å². The fourth-order valence-corrected chi connectivity index (χ4v) is 1.22. The molecule has 1 N–H and O–H groups in total. The van der Waals surface area contributed by atoms with E-state index in [0.717, 1.165) is 0 Å². The van der Waals surface area contributed by atoms with Gasteiger partial charge in [-0.1, -0.05) is 13.0 Å². The number of aliphatic hydroxyl groups is 1. The van der Waals surface area contributed by atoms with Crippen LogP contribution in [0.5, 0.6) is 0 Å². The fourth-order valence-electron chi connectivity index (χ4n) is 0.879. The molecule has 0 aliphatic heterocycles. The molecule has 3 nitrogen and oxygen atoms in total. The molecule has 0 aromatic carbocycles. The van der Waals surface area contributed by atoms with Crippen LogP contribution in [0.1, 0.15) is 19.0 Å². The van der Waals surface area contributed by atoms with Crippen molar-refractivity contribution < 1.29 is 9.90 Å². The van der Waals surface area contributed by atoms with E-state index in [-0.39, 0.29) is 11.5 Å². The Morgan fingerprint density at radius 3 is 2.93 bits per heavy atom. The van der Waals surface area contributed by atoms with E-state index in [2.05, 4.69) is 20.9 Å². The van der Waals surface area contributed by atoms with Gasteiger partial charge in [0.05, 0.1) is 0 Å². The first-order valence-corrected chi connectivity index (χ1v) is 4.99. The minimum absolute atomic E-state index is 0.0989. The second-order valence-electron chi connectivity index (χ2n) is 2.69. The lowest BCUT2D eigenvalue weighted by Gasteiger charge is -1.98. The first-order chi connectivity index (χ1) is 6.63. The third kappa shape index (κ3) is 2.96.